The summed E-state index contributed by atoms with van der Waals surface area (Å²) in [6, 6.07) is 11.2. The van der Waals surface area contributed by atoms with Gasteiger partial charge in [-0.2, -0.15) is 10.5 Å². The van der Waals surface area contributed by atoms with Gasteiger partial charge in [0.25, 0.3) is 0 Å². The summed E-state index contributed by atoms with van der Waals surface area (Å²) in [5, 5.41) is 20.4. The summed E-state index contributed by atoms with van der Waals surface area (Å²) in [6.45, 7) is 0. The third-order valence-electron chi connectivity index (χ3n) is 2.95. The number of anilines is 1. The molecular formula is C14H7N5. The lowest BCUT2D eigenvalue weighted by atomic mass is 10.1. The fourth-order valence-corrected chi connectivity index (χ4v) is 2.10. The molecule has 3 aromatic rings. The van der Waals surface area contributed by atoms with E-state index in [0.717, 1.165) is 10.8 Å². The molecule has 1 aromatic carbocycles. The first-order chi connectivity index (χ1) is 9.24. The highest BCUT2D eigenvalue weighted by Gasteiger charge is 2.13. The summed E-state index contributed by atoms with van der Waals surface area (Å²) in [4.78, 5) is 8.27. The van der Waals surface area contributed by atoms with Crippen LogP contribution in [0.5, 0.6) is 0 Å². The number of nitrogens with two attached hydrogens (primary N) is 1. The van der Waals surface area contributed by atoms with Crippen LogP contribution in [0.2, 0.25) is 0 Å². The molecule has 0 spiro atoms. The monoisotopic (exact) mass is 245 g/mol. The minimum absolute atomic E-state index is 0.185. The quantitative estimate of drug-likeness (QED) is 0.653. The standard InChI is InChI=1S/C14H7N5/c15-5-8-2-1-3-10-9(4-8)7-18-14-12(10)11(6-16)13(17)19-14/h1-4,7H,(H2,17,18,19). The van der Waals surface area contributed by atoms with Gasteiger partial charge in [0.05, 0.1) is 11.6 Å². The summed E-state index contributed by atoms with van der Waals surface area (Å²) in [6.07, 6.45) is 1.63. The highest BCUT2D eigenvalue weighted by molar-refractivity contribution is 6.09. The third-order valence-corrected chi connectivity index (χ3v) is 2.95. The van der Waals surface area contributed by atoms with E-state index in [-0.39, 0.29) is 5.82 Å². The van der Waals surface area contributed by atoms with Crippen molar-refractivity contribution in [2.45, 2.75) is 0 Å². The van der Waals surface area contributed by atoms with Gasteiger partial charge in [0, 0.05) is 17.0 Å². The molecule has 0 aliphatic rings. The fourth-order valence-electron chi connectivity index (χ4n) is 2.10. The molecule has 2 heterocycles. The first-order valence-corrected chi connectivity index (χ1v) is 5.52. The van der Waals surface area contributed by atoms with Crippen molar-refractivity contribution < 1.29 is 0 Å². The second-order valence-corrected chi connectivity index (χ2v) is 4.05. The van der Waals surface area contributed by atoms with Gasteiger partial charge in [0.2, 0.25) is 0 Å². The lowest BCUT2D eigenvalue weighted by Gasteiger charge is -1.95. The predicted molar refractivity (Wildman–Crippen MR) is 70.9 cm³/mol. The largest absolute Gasteiger partial charge is 0.383 e. The molecule has 88 valence electrons. The van der Waals surface area contributed by atoms with Crippen molar-refractivity contribution in [2.24, 2.45) is 0 Å². The number of aromatic nitrogens is 2. The van der Waals surface area contributed by atoms with Crippen LogP contribution in [-0.2, 0) is 0 Å². The summed E-state index contributed by atoms with van der Waals surface area (Å²) in [7, 11) is 0. The van der Waals surface area contributed by atoms with Gasteiger partial charge in [-0.3, -0.25) is 0 Å². The lowest BCUT2D eigenvalue weighted by Crippen LogP contribution is -1.86. The highest BCUT2D eigenvalue weighted by Crippen LogP contribution is 2.29. The highest BCUT2D eigenvalue weighted by atomic mass is 14.9. The van der Waals surface area contributed by atoms with Crippen LogP contribution in [0.1, 0.15) is 11.1 Å². The SMILES string of the molecule is N#Cc1cccc2c(cnc3nc(N)c(C#N)c32)c1. The molecule has 2 N–H and O–H groups in total. The van der Waals surface area contributed by atoms with E-state index >= 15 is 0 Å². The van der Waals surface area contributed by atoms with Gasteiger partial charge in [-0.15, -0.1) is 0 Å². The number of pyridine rings is 1. The van der Waals surface area contributed by atoms with Crippen molar-refractivity contribution in [3.05, 3.63) is 41.6 Å². The number of hydrogen-bond acceptors (Lipinski definition) is 5. The van der Waals surface area contributed by atoms with E-state index < -0.39 is 0 Å². The summed E-state index contributed by atoms with van der Waals surface area (Å²) >= 11 is 0. The van der Waals surface area contributed by atoms with Crippen molar-refractivity contribution >= 4 is 27.6 Å². The molecular weight excluding hydrogens is 238 g/mol. The van der Waals surface area contributed by atoms with E-state index in [1.54, 1.807) is 24.4 Å². The minimum Gasteiger partial charge on any atom is -0.383 e. The van der Waals surface area contributed by atoms with Crippen molar-refractivity contribution in [1.29, 1.82) is 10.5 Å². The number of nitrogens with zero attached hydrogens (tertiary/aromatic N) is 4. The summed E-state index contributed by atoms with van der Waals surface area (Å²) < 4.78 is 0. The number of hydrogen-bond donors (Lipinski definition) is 1. The average Bonchev–Trinajstić information content (AvgIpc) is 2.60. The maximum absolute atomic E-state index is 9.18. The number of nitriles is 2. The van der Waals surface area contributed by atoms with Crippen LogP contribution in [0.15, 0.2) is 30.5 Å². The van der Waals surface area contributed by atoms with Crippen LogP contribution in [-0.4, -0.2) is 9.97 Å². The topological polar surface area (TPSA) is 99.4 Å². The van der Waals surface area contributed by atoms with Crippen LogP contribution in [0.25, 0.3) is 21.8 Å². The zero-order chi connectivity index (χ0) is 13.4. The third kappa shape index (κ3) is 1.54. The van der Waals surface area contributed by atoms with Crippen molar-refractivity contribution in [3.63, 3.8) is 0 Å². The van der Waals surface area contributed by atoms with E-state index in [1.807, 2.05) is 6.07 Å². The predicted octanol–water partition coefficient (Wildman–Crippen LogP) is 2.11. The van der Waals surface area contributed by atoms with Crippen LogP contribution in [0.4, 0.5) is 5.82 Å². The second kappa shape index (κ2) is 3.94. The van der Waals surface area contributed by atoms with Crippen LogP contribution in [0, 0.1) is 22.7 Å². The zero-order valence-corrected chi connectivity index (χ0v) is 9.75. The molecule has 0 fully saturated rings. The molecule has 2 aromatic heterocycles. The van der Waals surface area contributed by atoms with Gasteiger partial charge in [-0.25, -0.2) is 9.97 Å². The molecule has 5 heteroatoms. The van der Waals surface area contributed by atoms with Crippen LogP contribution in [0.3, 0.4) is 0 Å². The van der Waals surface area contributed by atoms with E-state index in [2.05, 4.69) is 22.1 Å². The van der Waals surface area contributed by atoms with Gasteiger partial charge in [0.15, 0.2) is 5.65 Å². The van der Waals surface area contributed by atoms with E-state index in [4.69, 9.17) is 11.0 Å². The Hall–Kier alpha value is -3.18. The minimum atomic E-state index is 0.185. The van der Waals surface area contributed by atoms with E-state index in [0.29, 0.717) is 22.2 Å². The second-order valence-electron chi connectivity index (χ2n) is 4.05. The van der Waals surface area contributed by atoms with Crippen molar-refractivity contribution in [1.82, 2.24) is 9.97 Å². The molecule has 0 aliphatic heterocycles. The van der Waals surface area contributed by atoms with E-state index in [9.17, 15) is 5.26 Å². The molecule has 19 heavy (non-hydrogen) atoms. The molecule has 0 unspecified atom stereocenters. The number of fused-ring (bicyclic) bond motifs is 3. The maximum Gasteiger partial charge on any atom is 0.163 e. The van der Waals surface area contributed by atoms with Crippen LogP contribution >= 0.6 is 0 Å². The lowest BCUT2D eigenvalue weighted by molar-refractivity contribution is 1.34. The van der Waals surface area contributed by atoms with Crippen LogP contribution < -0.4 is 5.73 Å². The zero-order valence-electron chi connectivity index (χ0n) is 9.75. The Labute approximate surface area is 108 Å². The van der Waals surface area contributed by atoms with Gasteiger partial charge in [0.1, 0.15) is 17.5 Å². The number of nitrogen functional groups attached to an aromatic ring is 1. The fraction of sp³-hybridized carbons (Fsp3) is 0. The summed E-state index contributed by atoms with van der Waals surface area (Å²) in [5.41, 5.74) is 7.03. The van der Waals surface area contributed by atoms with E-state index in [1.165, 1.54) is 0 Å². The molecule has 0 saturated heterocycles. The molecule has 0 bridgehead atoms. The summed E-state index contributed by atoms with van der Waals surface area (Å²) in [5.74, 6) is 0.185. The molecule has 0 atom stereocenters. The smallest absolute Gasteiger partial charge is 0.163 e. The van der Waals surface area contributed by atoms with Gasteiger partial charge in [-0.05, 0) is 17.5 Å². The Morgan fingerprint density at radius 2 is 2.00 bits per heavy atom. The molecule has 0 amide bonds. The Bertz CT molecular complexity index is 899. The average molecular weight is 245 g/mol. The van der Waals surface area contributed by atoms with Gasteiger partial charge in [-0.1, -0.05) is 12.1 Å². The Balaban J connectivity index is 2.58. The number of rotatable bonds is 0. The normalized spacial score (nSPS) is 10.2. The Kier molecular flexibility index (Phi) is 2.27. The molecule has 0 saturated carbocycles. The molecule has 0 radical (unpaired) electrons. The molecule has 0 aliphatic carbocycles. The maximum atomic E-state index is 9.18. The van der Waals surface area contributed by atoms with Gasteiger partial charge < -0.3 is 5.73 Å². The van der Waals surface area contributed by atoms with Gasteiger partial charge >= 0.3 is 0 Å². The molecule has 5 nitrogen and oxygen atoms in total. The molecule has 3 rings (SSSR count). The Morgan fingerprint density at radius 3 is 2.74 bits per heavy atom. The Morgan fingerprint density at radius 1 is 1.16 bits per heavy atom. The van der Waals surface area contributed by atoms with Crippen molar-refractivity contribution in [2.75, 3.05) is 5.73 Å². The van der Waals surface area contributed by atoms with Crippen molar-refractivity contribution in [3.8, 4) is 12.1 Å². The first kappa shape index (κ1) is 10.9. The first-order valence-electron chi connectivity index (χ1n) is 5.52.